The third-order valence-electron chi connectivity index (χ3n) is 6.88. The van der Waals surface area contributed by atoms with Gasteiger partial charge in [-0.05, 0) is 43.7 Å². The number of carbonyl (C=O) groups is 3. The molecule has 3 N–H and O–H groups in total. The van der Waals surface area contributed by atoms with E-state index in [4.69, 9.17) is 0 Å². The summed E-state index contributed by atoms with van der Waals surface area (Å²) in [5.41, 5.74) is 0.479. The predicted molar refractivity (Wildman–Crippen MR) is 134 cm³/mol. The third-order valence-corrected chi connectivity index (χ3v) is 6.88. The maximum Gasteiger partial charge on any atom is 0.331 e. The standard InChI is InChI=1S/C27H41N3O4/c1-17(2)20(16-18(3)25(33)34)30(8)24(32)22(26(4,5)6)29-23(31)21(28-7)27(14-15-27)19-12-10-9-11-13-19/h9-13,16-17,20-22,28H,14-15H2,1-8H3,(H,29,31)(H,33,34)/b18-16+/t20-,21+,22?/m1/s1. The van der Waals surface area contributed by atoms with Gasteiger partial charge in [-0.2, -0.15) is 0 Å². The first-order valence-electron chi connectivity index (χ1n) is 12.0. The lowest BCUT2D eigenvalue weighted by molar-refractivity contribution is -0.140. The molecule has 1 aliphatic rings. The van der Waals surface area contributed by atoms with E-state index in [-0.39, 0.29) is 28.7 Å². The molecule has 1 aromatic rings. The normalized spacial score (nSPS) is 18.1. The van der Waals surface area contributed by atoms with E-state index in [1.165, 1.54) is 6.92 Å². The highest BCUT2D eigenvalue weighted by molar-refractivity contribution is 5.92. The highest BCUT2D eigenvalue weighted by atomic mass is 16.4. The number of nitrogens with zero attached hydrogens (tertiary/aromatic N) is 1. The van der Waals surface area contributed by atoms with Crippen molar-refractivity contribution in [2.24, 2.45) is 11.3 Å². The second-order valence-electron chi connectivity index (χ2n) is 10.9. The van der Waals surface area contributed by atoms with Crippen molar-refractivity contribution in [3.8, 4) is 0 Å². The van der Waals surface area contributed by atoms with Crippen LogP contribution in [-0.2, 0) is 19.8 Å². The van der Waals surface area contributed by atoms with E-state index in [1.807, 2.05) is 52.8 Å². The van der Waals surface area contributed by atoms with Crippen molar-refractivity contribution >= 4 is 17.8 Å². The van der Waals surface area contributed by atoms with E-state index < -0.39 is 29.5 Å². The molecule has 0 saturated heterocycles. The summed E-state index contributed by atoms with van der Waals surface area (Å²) in [5.74, 6) is -1.46. The van der Waals surface area contributed by atoms with Crippen LogP contribution >= 0.6 is 0 Å². The molecular formula is C27H41N3O4. The fraction of sp³-hybridized carbons (Fsp3) is 0.593. The maximum atomic E-state index is 13.7. The molecule has 0 spiro atoms. The first kappa shape index (κ1) is 27.6. The number of carboxylic acid groups (broad SMARTS) is 1. The number of benzene rings is 1. The van der Waals surface area contributed by atoms with Crippen molar-refractivity contribution < 1.29 is 19.5 Å². The van der Waals surface area contributed by atoms with Gasteiger partial charge in [-0.25, -0.2) is 4.79 Å². The van der Waals surface area contributed by atoms with E-state index in [0.29, 0.717) is 0 Å². The van der Waals surface area contributed by atoms with Gasteiger partial charge in [-0.1, -0.05) is 71.0 Å². The lowest BCUT2D eigenvalue weighted by atomic mass is 9.83. The molecular weight excluding hydrogens is 430 g/mol. The van der Waals surface area contributed by atoms with Gasteiger partial charge in [-0.3, -0.25) is 9.59 Å². The second-order valence-corrected chi connectivity index (χ2v) is 10.9. The Morgan fingerprint density at radius 1 is 1.12 bits per heavy atom. The van der Waals surface area contributed by atoms with E-state index >= 15 is 0 Å². The molecule has 7 nitrogen and oxygen atoms in total. The Morgan fingerprint density at radius 2 is 1.68 bits per heavy atom. The summed E-state index contributed by atoms with van der Waals surface area (Å²) in [7, 11) is 3.45. The molecule has 188 valence electrons. The molecule has 1 unspecified atom stereocenters. The Bertz CT molecular complexity index is 914. The molecule has 1 aliphatic carbocycles. The van der Waals surface area contributed by atoms with Crippen LogP contribution < -0.4 is 10.6 Å². The molecule has 3 atom stereocenters. The lowest BCUT2D eigenvalue weighted by Crippen LogP contribution is -2.60. The minimum Gasteiger partial charge on any atom is -0.478 e. The summed E-state index contributed by atoms with van der Waals surface area (Å²) in [6, 6.07) is 8.38. The number of rotatable bonds is 10. The molecule has 0 heterocycles. The molecule has 0 aromatic heterocycles. The van der Waals surface area contributed by atoms with Gasteiger partial charge in [0.2, 0.25) is 11.8 Å². The topological polar surface area (TPSA) is 98.7 Å². The van der Waals surface area contributed by atoms with Crippen molar-refractivity contribution in [1.29, 1.82) is 0 Å². The number of carboxylic acids is 1. The quantitative estimate of drug-likeness (QED) is 0.455. The number of hydrogen-bond acceptors (Lipinski definition) is 4. The Hall–Kier alpha value is -2.67. The van der Waals surface area contributed by atoms with Crippen LogP contribution in [0.4, 0.5) is 0 Å². The highest BCUT2D eigenvalue weighted by Gasteiger charge is 2.53. The van der Waals surface area contributed by atoms with Gasteiger partial charge in [0, 0.05) is 18.0 Å². The molecule has 1 fully saturated rings. The number of hydrogen-bond donors (Lipinski definition) is 3. The zero-order valence-electron chi connectivity index (χ0n) is 21.8. The van der Waals surface area contributed by atoms with Crippen LogP contribution in [0.1, 0.15) is 59.9 Å². The minimum atomic E-state index is -1.01. The van der Waals surface area contributed by atoms with Gasteiger partial charge in [0.25, 0.3) is 0 Å². The monoisotopic (exact) mass is 471 g/mol. The van der Waals surface area contributed by atoms with Crippen LogP contribution in [0.2, 0.25) is 0 Å². The van der Waals surface area contributed by atoms with Crippen molar-refractivity contribution in [1.82, 2.24) is 15.5 Å². The van der Waals surface area contributed by atoms with Crippen LogP contribution in [0.5, 0.6) is 0 Å². The average molecular weight is 472 g/mol. The van der Waals surface area contributed by atoms with Gasteiger partial charge in [-0.15, -0.1) is 0 Å². The van der Waals surface area contributed by atoms with E-state index in [0.717, 1.165) is 18.4 Å². The van der Waals surface area contributed by atoms with Gasteiger partial charge in [0.1, 0.15) is 6.04 Å². The third kappa shape index (κ3) is 6.06. The zero-order chi connectivity index (χ0) is 25.8. The molecule has 2 rings (SSSR count). The average Bonchev–Trinajstić information content (AvgIpc) is 3.56. The smallest absolute Gasteiger partial charge is 0.331 e. The predicted octanol–water partition coefficient (Wildman–Crippen LogP) is 3.35. The molecule has 1 aromatic carbocycles. The molecule has 7 heteroatoms. The van der Waals surface area contributed by atoms with Crippen molar-refractivity contribution in [3.05, 3.63) is 47.5 Å². The van der Waals surface area contributed by atoms with Crippen LogP contribution in [0.3, 0.4) is 0 Å². The summed E-state index contributed by atoms with van der Waals surface area (Å²) in [4.78, 5) is 40.2. The number of aliphatic carboxylic acids is 1. The minimum absolute atomic E-state index is 0.00237. The molecule has 0 aliphatic heterocycles. The van der Waals surface area contributed by atoms with Gasteiger partial charge >= 0.3 is 5.97 Å². The molecule has 0 radical (unpaired) electrons. The van der Waals surface area contributed by atoms with E-state index in [2.05, 4.69) is 22.8 Å². The van der Waals surface area contributed by atoms with Crippen molar-refractivity contribution in [3.63, 3.8) is 0 Å². The van der Waals surface area contributed by atoms with Crippen molar-refractivity contribution in [2.45, 2.75) is 77.9 Å². The Labute approximate surface area is 204 Å². The second kappa shape index (κ2) is 10.7. The fourth-order valence-corrected chi connectivity index (χ4v) is 4.61. The van der Waals surface area contributed by atoms with E-state index in [1.54, 1.807) is 25.1 Å². The molecule has 2 amide bonds. The van der Waals surface area contributed by atoms with E-state index in [9.17, 15) is 19.5 Å². The van der Waals surface area contributed by atoms with Gasteiger partial charge in [0.05, 0.1) is 12.1 Å². The Balaban J connectivity index is 2.32. The summed E-state index contributed by atoms with van der Waals surface area (Å²) < 4.78 is 0. The number of amides is 2. The van der Waals surface area contributed by atoms with Crippen molar-refractivity contribution in [2.75, 3.05) is 14.1 Å². The zero-order valence-corrected chi connectivity index (χ0v) is 21.8. The number of likely N-dealkylation sites (N-methyl/N-ethyl adjacent to an activating group) is 2. The highest BCUT2D eigenvalue weighted by Crippen LogP contribution is 2.51. The lowest BCUT2D eigenvalue weighted by Gasteiger charge is -2.38. The first-order valence-corrected chi connectivity index (χ1v) is 12.0. The summed E-state index contributed by atoms with van der Waals surface area (Å²) >= 11 is 0. The first-order chi connectivity index (χ1) is 15.8. The molecule has 34 heavy (non-hydrogen) atoms. The summed E-state index contributed by atoms with van der Waals surface area (Å²) in [6.45, 7) is 11.2. The van der Waals surface area contributed by atoms with Crippen LogP contribution in [-0.4, -0.2) is 60.0 Å². The van der Waals surface area contributed by atoms with Crippen LogP contribution in [0, 0.1) is 11.3 Å². The summed E-state index contributed by atoms with van der Waals surface area (Å²) in [6.07, 6.45) is 3.41. The van der Waals surface area contributed by atoms with Gasteiger partial charge in [0.15, 0.2) is 0 Å². The van der Waals surface area contributed by atoms with Gasteiger partial charge < -0.3 is 20.6 Å². The molecule has 1 saturated carbocycles. The van der Waals surface area contributed by atoms with Crippen LogP contribution in [0.15, 0.2) is 42.0 Å². The molecule has 0 bridgehead atoms. The number of nitrogens with one attached hydrogen (secondary N) is 2. The largest absolute Gasteiger partial charge is 0.478 e. The SMILES string of the molecule is CN[C@@H](C(=O)NC(C(=O)N(C)[C@H](/C=C(\C)C(=O)O)C(C)C)C(C)(C)C)C1(c2ccccc2)CC1. The maximum absolute atomic E-state index is 13.7. The fourth-order valence-electron chi connectivity index (χ4n) is 4.61. The Kier molecular flexibility index (Phi) is 8.70. The Morgan fingerprint density at radius 3 is 2.09 bits per heavy atom. The number of carbonyl (C=O) groups excluding carboxylic acids is 2. The van der Waals surface area contributed by atoms with Crippen LogP contribution in [0.25, 0.3) is 0 Å². The summed E-state index contributed by atoms with van der Waals surface area (Å²) in [5, 5.41) is 15.6.